The lowest BCUT2D eigenvalue weighted by Gasteiger charge is -2.33. The van der Waals surface area contributed by atoms with Gasteiger partial charge < -0.3 is 10.1 Å². The topological polar surface area (TPSA) is 93.5 Å². The summed E-state index contributed by atoms with van der Waals surface area (Å²) >= 11 is 0. The Morgan fingerprint density at radius 3 is 2.61 bits per heavy atom. The summed E-state index contributed by atoms with van der Waals surface area (Å²) in [6.45, 7) is 6.36. The molecular formula is C22H30N4O4S. The SMILES string of the molecule is Cc1cc(C)cc(S(=O)(=O)N2Cc3ccnn3[C@@H](CC(=O)NCC3CCOCC3)C2)c1. The first-order chi connectivity index (χ1) is 14.8. The molecule has 2 aromatic rings. The van der Waals surface area contributed by atoms with E-state index in [-0.39, 0.29) is 31.5 Å². The van der Waals surface area contributed by atoms with Crippen LogP contribution in [0.2, 0.25) is 0 Å². The van der Waals surface area contributed by atoms with Crippen LogP contribution in [0.1, 0.15) is 42.1 Å². The van der Waals surface area contributed by atoms with Crippen molar-refractivity contribution in [3.05, 3.63) is 47.3 Å². The molecule has 0 aliphatic carbocycles. The Kier molecular flexibility index (Phi) is 6.45. The van der Waals surface area contributed by atoms with Crippen molar-refractivity contribution in [2.24, 2.45) is 5.92 Å². The average Bonchev–Trinajstić information content (AvgIpc) is 3.21. The van der Waals surface area contributed by atoms with Crippen LogP contribution in [-0.2, 0) is 26.1 Å². The molecular weight excluding hydrogens is 416 g/mol. The van der Waals surface area contributed by atoms with Crippen molar-refractivity contribution in [1.29, 1.82) is 0 Å². The van der Waals surface area contributed by atoms with Crippen LogP contribution in [0.3, 0.4) is 0 Å². The van der Waals surface area contributed by atoms with E-state index in [0.717, 1.165) is 42.9 Å². The molecule has 4 rings (SSSR count). The normalized spacial score (nSPS) is 20.4. The number of aromatic nitrogens is 2. The molecule has 0 radical (unpaired) electrons. The number of carbonyl (C=O) groups is 1. The molecule has 8 nitrogen and oxygen atoms in total. The van der Waals surface area contributed by atoms with Crippen molar-refractivity contribution in [2.45, 2.75) is 50.6 Å². The lowest BCUT2D eigenvalue weighted by molar-refractivity contribution is -0.122. The van der Waals surface area contributed by atoms with Crippen molar-refractivity contribution >= 4 is 15.9 Å². The highest BCUT2D eigenvalue weighted by atomic mass is 32.2. The number of nitrogens with zero attached hydrogens (tertiary/aromatic N) is 3. The molecule has 2 aliphatic rings. The molecule has 1 amide bonds. The van der Waals surface area contributed by atoms with Gasteiger partial charge in [-0.3, -0.25) is 9.48 Å². The minimum absolute atomic E-state index is 0.0800. The monoisotopic (exact) mass is 446 g/mol. The first kappa shape index (κ1) is 22.0. The van der Waals surface area contributed by atoms with Gasteiger partial charge >= 0.3 is 0 Å². The van der Waals surface area contributed by atoms with Crippen LogP contribution in [0.4, 0.5) is 0 Å². The lowest BCUT2D eigenvalue weighted by atomic mass is 10.0. The summed E-state index contributed by atoms with van der Waals surface area (Å²) in [6, 6.07) is 6.83. The summed E-state index contributed by atoms with van der Waals surface area (Å²) in [4.78, 5) is 12.9. The van der Waals surface area contributed by atoms with Crippen LogP contribution >= 0.6 is 0 Å². The van der Waals surface area contributed by atoms with Gasteiger partial charge in [-0.2, -0.15) is 9.40 Å². The Balaban J connectivity index is 1.48. The second kappa shape index (κ2) is 9.10. The first-order valence-electron chi connectivity index (χ1n) is 10.8. The van der Waals surface area contributed by atoms with Gasteiger partial charge in [-0.05, 0) is 61.9 Å². The number of rotatable bonds is 6. The Morgan fingerprint density at radius 1 is 1.19 bits per heavy atom. The zero-order valence-electron chi connectivity index (χ0n) is 18.1. The molecule has 1 aromatic heterocycles. The minimum Gasteiger partial charge on any atom is -0.381 e. The van der Waals surface area contributed by atoms with Gasteiger partial charge in [0.1, 0.15) is 0 Å². The molecule has 1 N–H and O–H groups in total. The second-order valence-electron chi connectivity index (χ2n) is 8.61. The molecule has 0 spiro atoms. The molecule has 31 heavy (non-hydrogen) atoms. The number of nitrogens with one attached hydrogen (secondary N) is 1. The van der Waals surface area contributed by atoms with E-state index in [0.29, 0.717) is 17.4 Å². The molecule has 3 heterocycles. The third-order valence-electron chi connectivity index (χ3n) is 6.03. The molecule has 1 atom stereocenters. The molecule has 0 unspecified atom stereocenters. The Bertz CT molecular complexity index is 1020. The van der Waals surface area contributed by atoms with Crippen LogP contribution in [0.5, 0.6) is 0 Å². The van der Waals surface area contributed by atoms with Crippen LogP contribution < -0.4 is 5.32 Å². The standard InChI is InChI=1S/C22H30N4O4S/c1-16-9-17(2)11-21(10-16)31(28,29)25-14-19-3-6-24-26(19)20(15-25)12-22(27)23-13-18-4-7-30-8-5-18/h3,6,9-11,18,20H,4-5,7-8,12-15H2,1-2H3,(H,23,27)/t20-/m0/s1. The number of carbonyl (C=O) groups excluding carboxylic acids is 1. The fourth-order valence-corrected chi connectivity index (χ4v) is 6.05. The minimum atomic E-state index is -3.68. The van der Waals surface area contributed by atoms with Crippen LogP contribution in [0.15, 0.2) is 35.4 Å². The maximum Gasteiger partial charge on any atom is 0.243 e. The van der Waals surface area contributed by atoms with Crippen molar-refractivity contribution in [2.75, 3.05) is 26.3 Å². The van der Waals surface area contributed by atoms with Gasteiger partial charge in [0.05, 0.1) is 29.6 Å². The van der Waals surface area contributed by atoms with Crippen molar-refractivity contribution in [3.8, 4) is 0 Å². The molecule has 9 heteroatoms. The number of aryl methyl sites for hydroxylation is 2. The maximum absolute atomic E-state index is 13.4. The van der Waals surface area contributed by atoms with E-state index in [9.17, 15) is 13.2 Å². The van der Waals surface area contributed by atoms with Gasteiger partial charge in [0.15, 0.2) is 0 Å². The van der Waals surface area contributed by atoms with Gasteiger partial charge in [0.2, 0.25) is 15.9 Å². The summed E-state index contributed by atoms with van der Waals surface area (Å²) in [6.07, 6.45) is 3.76. The zero-order chi connectivity index (χ0) is 22.0. The predicted octanol–water partition coefficient (Wildman–Crippen LogP) is 2.18. The number of ether oxygens (including phenoxy) is 1. The summed E-state index contributed by atoms with van der Waals surface area (Å²) < 4.78 is 35.4. The zero-order valence-corrected chi connectivity index (χ0v) is 18.9. The highest BCUT2D eigenvalue weighted by Crippen LogP contribution is 2.29. The number of sulfonamides is 1. The Hall–Kier alpha value is -2.23. The van der Waals surface area contributed by atoms with Crippen LogP contribution in [-0.4, -0.2) is 54.7 Å². The van der Waals surface area contributed by atoms with Crippen molar-refractivity contribution in [3.63, 3.8) is 0 Å². The molecule has 1 saturated heterocycles. The van der Waals surface area contributed by atoms with Crippen molar-refractivity contribution < 1.29 is 17.9 Å². The maximum atomic E-state index is 13.4. The van der Waals surface area contributed by atoms with Crippen LogP contribution in [0.25, 0.3) is 0 Å². The van der Waals surface area contributed by atoms with E-state index in [2.05, 4.69) is 10.4 Å². The number of benzene rings is 1. The van der Waals surface area contributed by atoms with E-state index < -0.39 is 10.0 Å². The second-order valence-corrected chi connectivity index (χ2v) is 10.5. The fourth-order valence-electron chi connectivity index (χ4n) is 4.41. The van der Waals surface area contributed by atoms with E-state index in [1.54, 1.807) is 23.0 Å². The number of fused-ring (bicyclic) bond motifs is 1. The average molecular weight is 447 g/mol. The van der Waals surface area contributed by atoms with Gasteiger partial charge in [-0.15, -0.1) is 0 Å². The van der Waals surface area contributed by atoms with Crippen LogP contribution in [0, 0.1) is 19.8 Å². The quantitative estimate of drug-likeness (QED) is 0.734. The summed E-state index contributed by atoms with van der Waals surface area (Å²) in [5.41, 5.74) is 2.61. The van der Waals surface area contributed by atoms with E-state index in [1.165, 1.54) is 4.31 Å². The third-order valence-corrected chi connectivity index (χ3v) is 7.82. The highest BCUT2D eigenvalue weighted by molar-refractivity contribution is 7.89. The van der Waals surface area contributed by atoms with E-state index >= 15 is 0 Å². The first-order valence-corrected chi connectivity index (χ1v) is 12.2. The number of hydrogen-bond acceptors (Lipinski definition) is 5. The molecule has 168 valence electrons. The fraction of sp³-hybridized carbons (Fsp3) is 0.545. The number of amides is 1. The Morgan fingerprint density at radius 2 is 1.90 bits per heavy atom. The molecule has 1 aromatic carbocycles. The summed E-state index contributed by atoms with van der Waals surface area (Å²) in [7, 11) is -3.68. The van der Waals surface area contributed by atoms with E-state index in [4.69, 9.17) is 4.74 Å². The van der Waals surface area contributed by atoms with Gasteiger partial charge in [0.25, 0.3) is 0 Å². The lowest BCUT2D eigenvalue weighted by Crippen LogP contribution is -2.43. The molecule has 0 saturated carbocycles. The van der Waals surface area contributed by atoms with Crippen molar-refractivity contribution in [1.82, 2.24) is 19.4 Å². The molecule has 0 bridgehead atoms. The Labute approximate surface area is 183 Å². The highest BCUT2D eigenvalue weighted by Gasteiger charge is 2.35. The van der Waals surface area contributed by atoms with Gasteiger partial charge in [0, 0.05) is 32.5 Å². The van der Waals surface area contributed by atoms with Gasteiger partial charge in [-0.1, -0.05) is 6.07 Å². The summed E-state index contributed by atoms with van der Waals surface area (Å²) in [5, 5.41) is 7.38. The van der Waals surface area contributed by atoms with Gasteiger partial charge in [-0.25, -0.2) is 8.42 Å². The summed E-state index contributed by atoms with van der Waals surface area (Å²) in [5.74, 6) is 0.356. The van der Waals surface area contributed by atoms with E-state index in [1.807, 2.05) is 26.0 Å². The largest absolute Gasteiger partial charge is 0.381 e. The molecule has 1 fully saturated rings. The smallest absolute Gasteiger partial charge is 0.243 e. The third kappa shape index (κ3) is 4.99. The predicted molar refractivity (Wildman–Crippen MR) is 116 cm³/mol. The molecule has 2 aliphatic heterocycles. The number of hydrogen-bond donors (Lipinski definition) is 1.